The highest BCUT2D eigenvalue weighted by Gasteiger charge is 2.25. The lowest BCUT2D eigenvalue weighted by molar-refractivity contribution is 0.0746. The minimum Gasteiger partial charge on any atom is -0.502 e. The van der Waals surface area contributed by atoms with Gasteiger partial charge in [0.1, 0.15) is 0 Å². The number of hydrogen-bond acceptors (Lipinski definition) is 5. The summed E-state index contributed by atoms with van der Waals surface area (Å²) in [6, 6.07) is 11.0. The van der Waals surface area contributed by atoms with E-state index in [0.29, 0.717) is 26.2 Å². The molecule has 2 aliphatic rings. The van der Waals surface area contributed by atoms with Gasteiger partial charge in [0.05, 0.1) is 7.11 Å². The summed E-state index contributed by atoms with van der Waals surface area (Å²) in [6.07, 6.45) is 2.49. The van der Waals surface area contributed by atoms with Gasteiger partial charge in [-0.2, -0.15) is 0 Å². The van der Waals surface area contributed by atoms with Crippen molar-refractivity contribution in [2.45, 2.75) is 12.8 Å². The maximum atomic E-state index is 13.9. The van der Waals surface area contributed by atoms with E-state index >= 15 is 0 Å². The molecule has 2 heterocycles. The molecular weight excluding hydrogens is 373 g/mol. The third-order valence-electron chi connectivity index (χ3n) is 5.73. The summed E-state index contributed by atoms with van der Waals surface area (Å²) in [5, 5.41) is 9.64. The number of piperazine rings is 1. The number of benzene rings is 2. The first kappa shape index (κ1) is 19.4. The summed E-state index contributed by atoms with van der Waals surface area (Å²) < 4.78 is 18.8. The zero-order valence-electron chi connectivity index (χ0n) is 16.6. The van der Waals surface area contributed by atoms with E-state index in [1.54, 1.807) is 4.90 Å². The van der Waals surface area contributed by atoms with E-state index in [1.807, 2.05) is 0 Å². The molecule has 154 valence electrons. The van der Waals surface area contributed by atoms with Gasteiger partial charge in [0.25, 0.3) is 5.91 Å². The molecule has 2 aromatic rings. The number of anilines is 2. The van der Waals surface area contributed by atoms with Crippen LogP contribution in [0.1, 0.15) is 23.2 Å². The van der Waals surface area contributed by atoms with Crippen molar-refractivity contribution in [1.29, 1.82) is 0 Å². The Bertz CT molecular complexity index is 891. The first-order valence-corrected chi connectivity index (χ1v) is 10.0. The molecule has 0 aliphatic carbocycles. The molecule has 2 aliphatic heterocycles. The van der Waals surface area contributed by atoms with E-state index in [4.69, 9.17) is 4.74 Å². The van der Waals surface area contributed by atoms with Crippen molar-refractivity contribution in [1.82, 2.24) is 4.90 Å². The molecular formula is C22H26FN3O3. The standard InChI is InChI=1S/C22H26FN3O3/c1-29-20-14-16(13-19(23)21(20)27)22(28)26-11-9-25(10-12-26)18-6-4-5-17(15-18)24-7-2-3-8-24/h4-6,13-15,27H,2-3,7-12H2,1H3. The summed E-state index contributed by atoms with van der Waals surface area (Å²) in [4.78, 5) is 19.2. The molecule has 0 unspecified atom stereocenters. The monoisotopic (exact) mass is 399 g/mol. The van der Waals surface area contributed by atoms with Crippen molar-refractivity contribution in [2.24, 2.45) is 0 Å². The second-order valence-corrected chi connectivity index (χ2v) is 7.50. The highest BCUT2D eigenvalue weighted by Crippen LogP contribution is 2.31. The second kappa shape index (κ2) is 8.19. The van der Waals surface area contributed by atoms with Crippen molar-refractivity contribution in [3.05, 3.63) is 47.8 Å². The Kier molecular flexibility index (Phi) is 5.47. The van der Waals surface area contributed by atoms with Crippen LogP contribution in [0.3, 0.4) is 0 Å². The van der Waals surface area contributed by atoms with Gasteiger partial charge in [-0.15, -0.1) is 0 Å². The maximum Gasteiger partial charge on any atom is 0.254 e. The van der Waals surface area contributed by atoms with E-state index in [2.05, 4.69) is 34.1 Å². The molecule has 0 spiro atoms. The lowest BCUT2D eigenvalue weighted by Crippen LogP contribution is -2.48. The molecule has 0 bridgehead atoms. The van der Waals surface area contributed by atoms with Crippen molar-refractivity contribution >= 4 is 17.3 Å². The fourth-order valence-electron chi connectivity index (χ4n) is 4.06. The van der Waals surface area contributed by atoms with Crippen molar-refractivity contribution in [3.63, 3.8) is 0 Å². The minimum atomic E-state index is -0.856. The number of methoxy groups -OCH3 is 1. The first-order chi connectivity index (χ1) is 14.1. The normalized spacial score (nSPS) is 17.0. The van der Waals surface area contributed by atoms with Crippen molar-refractivity contribution in [3.8, 4) is 11.5 Å². The van der Waals surface area contributed by atoms with E-state index in [0.717, 1.165) is 19.2 Å². The number of amides is 1. The lowest BCUT2D eigenvalue weighted by atomic mass is 10.1. The van der Waals surface area contributed by atoms with E-state index in [-0.39, 0.29) is 17.2 Å². The number of carbonyl (C=O) groups excluding carboxylic acids is 1. The Balaban J connectivity index is 1.42. The second-order valence-electron chi connectivity index (χ2n) is 7.50. The number of phenols is 1. The third kappa shape index (κ3) is 3.95. The van der Waals surface area contributed by atoms with Crippen LogP contribution in [-0.2, 0) is 0 Å². The average Bonchev–Trinajstić information content (AvgIpc) is 3.30. The number of nitrogens with zero attached hydrogens (tertiary/aromatic N) is 3. The van der Waals surface area contributed by atoms with Gasteiger partial charge < -0.3 is 24.5 Å². The van der Waals surface area contributed by atoms with Gasteiger partial charge in [0.2, 0.25) is 0 Å². The van der Waals surface area contributed by atoms with Gasteiger partial charge in [0, 0.05) is 56.2 Å². The fraction of sp³-hybridized carbons (Fsp3) is 0.409. The zero-order chi connectivity index (χ0) is 20.4. The largest absolute Gasteiger partial charge is 0.502 e. The van der Waals surface area contributed by atoms with Gasteiger partial charge in [-0.25, -0.2) is 4.39 Å². The molecule has 1 N–H and O–H groups in total. The first-order valence-electron chi connectivity index (χ1n) is 10.0. The number of ether oxygens (including phenoxy) is 1. The quantitative estimate of drug-likeness (QED) is 0.856. The Hall–Kier alpha value is -2.96. The molecule has 0 atom stereocenters. The average molecular weight is 399 g/mol. The summed E-state index contributed by atoms with van der Waals surface area (Å²) in [5.41, 5.74) is 2.60. The maximum absolute atomic E-state index is 13.9. The molecule has 2 aromatic carbocycles. The van der Waals surface area contributed by atoms with Crippen LogP contribution in [0.15, 0.2) is 36.4 Å². The topological polar surface area (TPSA) is 56.2 Å². The molecule has 0 aromatic heterocycles. The van der Waals surface area contributed by atoms with Crippen LogP contribution in [-0.4, -0.2) is 62.3 Å². The molecule has 29 heavy (non-hydrogen) atoms. The van der Waals surface area contributed by atoms with Crippen molar-refractivity contribution in [2.75, 3.05) is 56.2 Å². The molecule has 0 saturated carbocycles. The minimum absolute atomic E-state index is 0.0364. The lowest BCUT2D eigenvalue weighted by Gasteiger charge is -2.36. The fourth-order valence-corrected chi connectivity index (χ4v) is 4.06. The number of phenolic OH excluding ortho intramolecular Hbond substituents is 1. The van der Waals surface area contributed by atoms with Gasteiger partial charge in [-0.05, 0) is 43.2 Å². The summed E-state index contributed by atoms with van der Waals surface area (Å²) in [7, 11) is 1.33. The van der Waals surface area contributed by atoms with Crippen LogP contribution in [0.2, 0.25) is 0 Å². The number of aromatic hydroxyl groups is 1. The summed E-state index contributed by atoms with van der Waals surface area (Å²) in [5.74, 6) is -1.73. The van der Waals surface area contributed by atoms with Crippen LogP contribution in [0.4, 0.5) is 15.8 Å². The van der Waals surface area contributed by atoms with Gasteiger partial charge in [0.15, 0.2) is 17.3 Å². The smallest absolute Gasteiger partial charge is 0.254 e. The molecule has 2 saturated heterocycles. The van der Waals surface area contributed by atoms with E-state index in [9.17, 15) is 14.3 Å². The van der Waals surface area contributed by atoms with Gasteiger partial charge in [-0.1, -0.05) is 6.07 Å². The van der Waals surface area contributed by atoms with Gasteiger partial charge >= 0.3 is 0 Å². The molecule has 1 amide bonds. The SMILES string of the molecule is COc1cc(C(=O)N2CCN(c3cccc(N4CCCC4)c3)CC2)cc(F)c1O. The summed E-state index contributed by atoms with van der Waals surface area (Å²) in [6.45, 7) is 4.76. The van der Waals surface area contributed by atoms with Crippen LogP contribution >= 0.6 is 0 Å². The van der Waals surface area contributed by atoms with E-state index in [1.165, 1.54) is 37.4 Å². The van der Waals surface area contributed by atoms with E-state index < -0.39 is 11.6 Å². The Morgan fingerprint density at radius 1 is 0.966 bits per heavy atom. The number of carbonyl (C=O) groups is 1. The molecule has 0 radical (unpaired) electrons. The number of rotatable bonds is 4. The number of hydrogen-bond donors (Lipinski definition) is 1. The molecule has 4 rings (SSSR count). The van der Waals surface area contributed by atoms with Crippen LogP contribution in [0.25, 0.3) is 0 Å². The molecule has 6 nitrogen and oxygen atoms in total. The molecule has 2 fully saturated rings. The summed E-state index contributed by atoms with van der Waals surface area (Å²) >= 11 is 0. The third-order valence-corrected chi connectivity index (χ3v) is 5.73. The zero-order valence-corrected chi connectivity index (χ0v) is 16.6. The Morgan fingerprint density at radius 2 is 1.59 bits per heavy atom. The highest BCUT2D eigenvalue weighted by atomic mass is 19.1. The van der Waals surface area contributed by atoms with Crippen LogP contribution in [0.5, 0.6) is 11.5 Å². The predicted octanol–water partition coefficient (Wildman–Crippen LogP) is 3.10. The van der Waals surface area contributed by atoms with Crippen molar-refractivity contribution < 1.29 is 19.0 Å². The Labute approximate surface area is 170 Å². The highest BCUT2D eigenvalue weighted by molar-refractivity contribution is 5.95. The predicted molar refractivity (Wildman–Crippen MR) is 111 cm³/mol. The van der Waals surface area contributed by atoms with Crippen LogP contribution < -0.4 is 14.5 Å². The number of halogens is 1. The Morgan fingerprint density at radius 3 is 2.21 bits per heavy atom. The van der Waals surface area contributed by atoms with Gasteiger partial charge in [-0.3, -0.25) is 4.79 Å². The van der Waals surface area contributed by atoms with Crippen LogP contribution in [0, 0.1) is 5.82 Å². The molecule has 7 heteroatoms.